The molecule has 1 aliphatic rings. The Morgan fingerprint density at radius 3 is 2.00 bits per heavy atom. The van der Waals surface area contributed by atoms with Gasteiger partial charge in [-0.1, -0.05) is 44.0 Å². The van der Waals surface area contributed by atoms with Crippen molar-refractivity contribution in [3.05, 3.63) is 34.9 Å². The van der Waals surface area contributed by atoms with Crippen molar-refractivity contribution in [3.8, 4) is 0 Å². The van der Waals surface area contributed by atoms with E-state index in [0.29, 0.717) is 0 Å². The summed E-state index contributed by atoms with van der Waals surface area (Å²) in [7, 11) is 0. The molecule has 1 fully saturated rings. The predicted molar refractivity (Wildman–Crippen MR) is 59.4 cm³/mol. The molecule has 0 nitrogen and oxygen atoms in total. The SMILES string of the molecule is CC.Clc1ccc(C2CCC2)cc1. The van der Waals surface area contributed by atoms with E-state index < -0.39 is 0 Å². The fraction of sp³-hybridized carbons (Fsp3) is 0.500. The second kappa shape index (κ2) is 5.29. The first-order chi connectivity index (χ1) is 6.36. The zero-order valence-electron chi connectivity index (χ0n) is 8.39. The second-order valence-corrected chi connectivity index (χ2v) is 3.62. The first-order valence-corrected chi connectivity index (χ1v) is 5.49. The highest BCUT2D eigenvalue weighted by Crippen LogP contribution is 2.36. The van der Waals surface area contributed by atoms with E-state index in [1.807, 2.05) is 26.0 Å². The van der Waals surface area contributed by atoms with Gasteiger partial charge < -0.3 is 0 Å². The molecule has 1 saturated carbocycles. The third-order valence-corrected chi connectivity index (χ3v) is 2.70. The Kier molecular flexibility index (Phi) is 4.31. The maximum absolute atomic E-state index is 5.78. The lowest BCUT2D eigenvalue weighted by molar-refractivity contribution is 0.420. The molecular weight excluding hydrogens is 180 g/mol. The largest absolute Gasteiger partial charge is 0.0843 e. The highest BCUT2D eigenvalue weighted by molar-refractivity contribution is 6.30. The van der Waals surface area contributed by atoms with Gasteiger partial charge in [0.25, 0.3) is 0 Å². The summed E-state index contributed by atoms with van der Waals surface area (Å²) in [5.41, 5.74) is 1.46. The summed E-state index contributed by atoms with van der Waals surface area (Å²) in [6.45, 7) is 4.00. The van der Waals surface area contributed by atoms with Crippen LogP contribution in [0.1, 0.15) is 44.6 Å². The summed E-state index contributed by atoms with van der Waals surface area (Å²) in [6.07, 6.45) is 4.12. The second-order valence-electron chi connectivity index (χ2n) is 3.18. The highest BCUT2D eigenvalue weighted by Gasteiger charge is 2.18. The van der Waals surface area contributed by atoms with Crippen molar-refractivity contribution >= 4 is 11.6 Å². The van der Waals surface area contributed by atoms with Gasteiger partial charge in [-0.15, -0.1) is 0 Å². The van der Waals surface area contributed by atoms with E-state index in [1.165, 1.54) is 24.8 Å². The molecule has 72 valence electrons. The maximum atomic E-state index is 5.78. The van der Waals surface area contributed by atoms with Gasteiger partial charge in [0.2, 0.25) is 0 Å². The normalized spacial score (nSPS) is 15.6. The van der Waals surface area contributed by atoms with Crippen molar-refractivity contribution in [3.63, 3.8) is 0 Å². The molecule has 13 heavy (non-hydrogen) atoms. The third kappa shape index (κ3) is 2.73. The standard InChI is InChI=1S/C10H11Cl.C2H6/c11-10-6-4-9(5-7-10)8-2-1-3-8;1-2/h4-8H,1-3H2;1-2H3. The molecule has 0 bridgehead atoms. The van der Waals surface area contributed by atoms with Crippen LogP contribution in [0.3, 0.4) is 0 Å². The third-order valence-electron chi connectivity index (χ3n) is 2.45. The van der Waals surface area contributed by atoms with E-state index in [0.717, 1.165) is 10.9 Å². The fourth-order valence-corrected chi connectivity index (χ4v) is 1.60. The van der Waals surface area contributed by atoms with E-state index in [-0.39, 0.29) is 0 Å². The Labute approximate surface area is 85.9 Å². The first kappa shape index (κ1) is 10.6. The van der Waals surface area contributed by atoms with Crippen LogP contribution in [0.5, 0.6) is 0 Å². The Morgan fingerprint density at radius 2 is 1.62 bits per heavy atom. The summed E-state index contributed by atoms with van der Waals surface area (Å²) in [5.74, 6) is 0.826. The van der Waals surface area contributed by atoms with Gasteiger partial charge in [-0.3, -0.25) is 0 Å². The summed E-state index contributed by atoms with van der Waals surface area (Å²) < 4.78 is 0. The molecule has 0 N–H and O–H groups in total. The van der Waals surface area contributed by atoms with Crippen LogP contribution in [0.4, 0.5) is 0 Å². The fourth-order valence-electron chi connectivity index (χ4n) is 1.48. The van der Waals surface area contributed by atoms with Gasteiger partial charge in [-0.2, -0.15) is 0 Å². The summed E-state index contributed by atoms with van der Waals surface area (Å²) >= 11 is 5.78. The zero-order valence-corrected chi connectivity index (χ0v) is 9.14. The number of hydrogen-bond acceptors (Lipinski definition) is 0. The van der Waals surface area contributed by atoms with E-state index in [2.05, 4.69) is 12.1 Å². The molecule has 0 heterocycles. The lowest BCUT2D eigenvalue weighted by Gasteiger charge is -2.25. The molecule has 1 heteroatoms. The van der Waals surface area contributed by atoms with E-state index >= 15 is 0 Å². The number of benzene rings is 1. The minimum Gasteiger partial charge on any atom is -0.0843 e. The molecular formula is C12H17Cl. The molecule has 1 aliphatic carbocycles. The molecule has 0 saturated heterocycles. The predicted octanol–water partition coefficient (Wildman–Crippen LogP) is 4.63. The van der Waals surface area contributed by atoms with E-state index in [4.69, 9.17) is 11.6 Å². The van der Waals surface area contributed by atoms with Gasteiger partial charge in [0, 0.05) is 5.02 Å². The van der Waals surface area contributed by atoms with Crippen LogP contribution in [-0.2, 0) is 0 Å². The van der Waals surface area contributed by atoms with Crippen molar-refractivity contribution in [2.75, 3.05) is 0 Å². The molecule has 0 radical (unpaired) electrons. The summed E-state index contributed by atoms with van der Waals surface area (Å²) in [5, 5.41) is 0.841. The first-order valence-electron chi connectivity index (χ1n) is 5.12. The maximum Gasteiger partial charge on any atom is 0.0406 e. The molecule has 0 unspecified atom stereocenters. The number of hydrogen-bond donors (Lipinski definition) is 0. The molecule has 1 aromatic rings. The molecule has 1 aromatic carbocycles. The monoisotopic (exact) mass is 196 g/mol. The lowest BCUT2D eigenvalue weighted by Crippen LogP contribution is -2.07. The summed E-state index contributed by atoms with van der Waals surface area (Å²) in [6, 6.07) is 8.25. The molecule has 0 amide bonds. The van der Waals surface area contributed by atoms with Gasteiger partial charge in [-0.05, 0) is 36.5 Å². The van der Waals surface area contributed by atoms with Crippen molar-refractivity contribution < 1.29 is 0 Å². The van der Waals surface area contributed by atoms with Crippen molar-refractivity contribution in [1.29, 1.82) is 0 Å². The Balaban J connectivity index is 0.000000396. The van der Waals surface area contributed by atoms with Gasteiger partial charge in [0.05, 0.1) is 0 Å². The number of halogens is 1. The van der Waals surface area contributed by atoms with Gasteiger partial charge in [-0.25, -0.2) is 0 Å². The quantitative estimate of drug-likeness (QED) is 0.614. The molecule has 0 atom stereocenters. The molecule has 2 rings (SSSR count). The Hall–Kier alpha value is -0.490. The van der Waals surface area contributed by atoms with Crippen LogP contribution < -0.4 is 0 Å². The van der Waals surface area contributed by atoms with Gasteiger partial charge in [0.1, 0.15) is 0 Å². The number of rotatable bonds is 1. The van der Waals surface area contributed by atoms with Gasteiger partial charge >= 0.3 is 0 Å². The highest BCUT2D eigenvalue weighted by atomic mass is 35.5. The molecule has 0 aliphatic heterocycles. The average Bonchev–Trinajstić information content (AvgIpc) is 2.09. The smallest absolute Gasteiger partial charge is 0.0406 e. The Bertz CT molecular complexity index is 234. The van der Waals surface area contributed by atoms with Crippen LogP contribution in [-0.4, -0.2) is 0 Å². The topological polar surface area (TPSA) is 0 Å². The molecule has 0 spiro atoms. The van der Waals surface area contributed by atoms with Crippen LogP contribution in [0, 0.1) is 0 Å². The van der Waals surface area contributed by atoms with E-state index in [9.17, 15) is 0 Å². The van der Waals surface area contributed by atoms with Crippen LogP contribution in [0.25, 0.3) is 0 Å². The Morgan fingerprint density at radius 1 is 1.08 bits per heavy atom. The van der Waals surface area contributed by atoms with E-state index in [1.54, 1.807) is 0 Å². The van der Waals surface area contributed by atoms with Crippen LogP contribution in [0.15, 0.2) is 24.3 Å². The van der Waals surface area contributed by atoms with Crippen molar-refractivity contribution in [2.45, 2.75) is 39.0 Å². The minimum absolute atomic E-state index is 0.826. The average molecular weight is 197 g/mol. The molecule has 0 aromatic heterocycles. The lowest BCUT2D eigenvalue weighted by atomic mass is 9.80. The van der Waals surface area contributed by atoms with Crippen LogP contribution >= 0.6 is 11.6 Å². The summed E-state index contributed by atoms with van der Waals surface area (Å²) in [4.78, 5) is 0. The zero-order chi connectivity index (χ0) is 9.68. The van der Waals surface area contributed by atoms with Crippen molar-refractivity contribution in [2.24, 2.45) is 0 Å². The minimum atomic E-state index is 0.826. The van der Waals surface area contributed by atoms with Gasteiger partial charge in [0.15, 0.2) is 0 Å². The van der Waals surface area contributed by atoms with Crippen LogP contribution in [0.2, 0.25) is 5.02 Å². The van der Waals surface area contributed by atoms with Crippen molar-refractivity contribution in [1.82, 2.24) is 0 Å².